The van der Waals surface area contributed by atoms with Crippen molar-refractivity contribution in [3.8, 4) is 0 Å². The third-order valence-electron chi connectivity index (χ3n) is 3.87. The second-order valence-corrected chi connectivity index (χ2v) is 5.39. The summed E-state index contributed by atoms with van der Waals surface area (Å²) in [5, 5.41) is 11.1. The topological polar surface area (TPSA) is 68.5 Å². The zero-order valence-electron chi connectivity index (χ0n) is 12.4. The Morgan fingerprint density at radius 1 is 1.35 bits per heavy atom. The Morgan fingerprint density at radius 3 is 2.87 bits per heavy atom. The number of ether oxygens (including phenoxy) is 1. The maximum atomic E-state index is 13.7. The SMILES string of the molecule is O=[N+]([O-])c1c(F)cccc1N1CC[C@H](OCc2ccncc2)C1. The maximum Gasteiger partial charge on any atom is 0.327 e. The zero-order chi connectivity index (χ0) is 16.2. The van der Waals surface area contributed by atoms with Crippen molar-refractivity contribution >= 4 is 11.4 Å². The first-order valence-corrected chi connectivity index (χ1v) is 7.33. The number of benzene rings is 1. The molecular formula is C16H16FN3O3. The van der Waals surface area contributed by atoms with Gasteiger partial charge in [0.1, 0.15) is 5.69 Å². The monoisotopic (exact) mass is 317 g/mol. The highest BCUT2D eigenvalue weighted by Gasteiger charge is 2.30. The zero-order valence-corrected chi connectivity index (χ0v) is 12.4. The van der Waals surface area contributed by atoms with Gasteiger partial charge < -0.3 is 9.64 Å². The first-order valence-electron chi connectivity index (χ1n) is 7.33. The molecule has 3 rings (SSSR count). The summed E-state index contributed by atoms with van der Waals surface area (Å²) in [6.07, 6.45) is 4.12. The van der Waals surface area contributed by atoms with Gasteiger partial charge in [-0.3, -0.25) is 15.1 Å². The molecule has 0 N–H and O–H groups in total. The highest BCUT2D eigenvalue weighted by atomic mass is 19.1. The van der Waals surface area contributed by atoms with Crippen molar-refractivity contribution in [2.75, 3.05) is 18.0 Å². The predicted molar refractivity (Wildman–Crippen MR) is 82.7 cm³/mol. The molecule has 2 aromatic rings. The van der Waals surface area contributed by atoms with Crippen LogP contribution in [0.3, 0.4) is 0 Å². The molecule has 120 valence electrons. The van der Waals surface area contributed by atoms with Crippen LogP contribution in [0.4, 0.5) is 15.8 Å². The molecule has 23 heavy (non-hydrogen) atoms. The summed E-state index contributed by atoms with van der Waals surface area (Å²) < 4.78 is 19.6. The van der Waals surface area contributed by atoms with E-state index in [9.17, 15) is 14.5 Å². The molecule has 0 amide bonds. The van der Waals surface area contributed by atoms with Gasteiger partial charge in [-0.05, 0) is 36.2 Å². The van der Waals surface area contributed by atoms with E-state index in [-0.39, 0.29) is 6.10 Å². The lowest BCUT2D eigenvalue weighted by atomic mass is 10.2. The second-order valence-electron chi connectivity index (χ2n) is 5.39. The van der Waals surface area contributed by atoms with Crippen LogP contribution in [-0.2, 0) is 11.3 Å². The molecule has 1 aromatic heterocycles. The minimum atomic E-state index is -0.811. The third kappa shape index (κ3) is 3.45. The minimum absolute atomic E-state index is 0.0361. The number of rotatable bonds is 5. The molecule has 6 nitrogen and oxygen atoms in total. The van der Waals surface area contributed by atoms with Crippen LogP contribution in [0.25, 0.3) is 0 Å². The largest absolute Gasteiger partial charge is 0.372 e. The van der Waals surface area contributed by atoms with Crippen molar-refractivity contribution in [2.45, 2.75) is 19.1 Å². The molecule has 0 aliphatic carbocycles. The first-order chi connectivity index (χ1) is 11.1. The number of aromatic nitrogens is 1. The van der Waals surface area contributed by atoms with Crippen molar-refractivity contribution in [1.82, 2.24) is 4.98 Å². The highest BCUT2D eigenvalue weighted by molar-refractivity contribution is 5.64. The lowest BCUT2D eigenvalue weighted by Gasteiger charge is -2.18. The van der Waals surface area contributed by atoms with Gasteiger partial charge in [0.2, 0.25) is 5.82 Å². The van der Waals surface area contributed by atoms with Crippen LogP contribution in [-0.4, -0.2) is 29.1 Å². The molecule has 1 atom stereocenters. The van der Waals surface area contributed by atoms with Crippen molar-refractivity contribution in [2.24, 2.45) is 0 Å². The third-order valence-corrected chi connectivity index (χ3v) is 3.87. The standard InChI is InChI=1S/C16H16FN3O3/c17-14-2-1-3-15(16(14)20(21)22)19-9-6-13(10-19)23-11-12-4-7-18-8-5-12/h1-5,7-8,13H,6,9-11H2/t13-/m0/s1. The van der Waals surface area contributed by atoms with Crippen molar-refractivity contribution in [1.29, 1.82) is 0 Å². The summed E-state index contributed by atoms with van der Waals surface area (Å²) in [4.78, 5) is 16.2. The number of nitro groups is 1. The van der Waals surface area contributed by atoms with E-state index in [1.807, 2.05) is 12.1 Å². The van der Waals surface area contributed by atoms with Crippen LogP contribution < -0.4 is 4.90 Å². The Kier molecular flexibility index (Phi) is 4.47. The Labute approximate surface area is 132 Å². The Bertz CT molecular complexity index is 696. The number of halogens is 1. The fourth-order valence-electron chi connectivity index (χ4n) is 2.72. The summed E-state index contributed by atoms with van der Waals surface area (Å²) >= 11 is 0. The number of hydrogen-bond acceptors (Lipinski definition) is 5. The summed E-state index contributed by atoms with van der Waals surface area (Å²) in [7, 11) is 0. The summed E-state index contributed by atoms with van der Waals surface area (Å²) in [5.41, 5.74) is 0.863. The average Bonchev–Trinajstić information content (AvgIpc) is 3.02. The first kappa shape index (κ1) is 15.4. The number of nitro benzene ring substituents is 1. The molecular weight excluding hydrogens is 301 g/mol. The molecule has 7 heteroatoms. The Morgan fingerprint density at radius 2 is 2.13 bits per heavy atom. The Hall–Kier alpha value is -2.54. The molecule has 1 fully saturated rings. The van der Waals surface area contributed by atoms with Gasteiger partial charge in [0.15, 0.2) is 0 Å². The molecule has 0 spiro atoms. The summed E-state index contributed by atoms with van der Waals surface area (Å²) in [5.74, 6) is -0.811. The Balaban J connectivity index is 1.66. The van der Waals surface area contributed by atoms with E-state index in [1.165, 1.54) is 6.07 Å². The summed E-state index contributed by atoms with van der Waals surface area (Å²) in [6, 6.07) is 7.93. The van der Waals surface area contributed by atoms with Crippen LogP contribution >= 0.6 is 0 Å². The molecule has 1 aliphatic rings. The summed E-state index contributed by atoms with van der Waals surface area (Å²) in [6.45, 7) is 1.58. The van der Waals surface area contributed by atoms with Crippen molar-refractivity contribution < 1.29 is 14.1 Å². The lowest BCUT2D eigenvalue weighted by Crippen LogP contribution is -2.23. The molecule has 2 heterocycles. The van der Waals surface area contributed by atoms with E-state index in [4.69, 9.17) is 4.74 Å². The van der Waals surface area contributed by atoms with Gasteiger partial charge >= 0.3 is 5.69 Å². The van der Waals surface area contributed by atoms with Gasteiger partial charge in [-0.25, -0.2) is 0 Å². The molecule has 1 saturated heterocycles. The van der Waals surface area contributed by atoms with Crippen LogP contribution in [0.5, 0.6) is 0 Å². The van der Waals surface area contributed by atoms with E-state index in [0.717, 1.165) is 18.1 Å². The number of anilines is 1. The highest BCUT2D eigenvalue weighted by Crippen LogP contribution is 2.33. The van der Waals surface area contributed by atoms with Crippen LogP contribution in [0.15, 0.2) is 42.7 Å². The minimum Gasteiger partial charge on any atom is -0.372 e. The van der Waals surface area contributed by atoms with E-state index in [1.54, 1.807) is 23.4 Å². The fourth-order valence-corrected chi connectivity index (χ4v) is 2.72. The van der Waals surface area contributed by atoms with E-state index >= 15 is 0 Å². The van der Waals surface area contributed by atoms with Gasteiger partial charge in [-0.1, -0.05) is 6.07 Å². The number of nitrogens with zero attached hydrogens (tertiary/aromatic N) is 3. The predicted octanol–water partition coefficient (Wildman–Crippen LogP) is 2.92. The van der Waals surface area contributed by atoms with E-state index in [0.29, 0.717) is 25.4 Å². The van der Waals surface area contributed by atoms with Crippen molar-refractivity contribution in [3.63, 3.8) is 0 Å². The molecule has 0 radical (unpaired) electrons. The average molecular weight is 317 g/mol. The molecule has 1 aromatic carbocycles. The molecule has 0 unspecified atom stereocenters. The quantitative estimate of drug-likeness (QED) is 0.626. The van der Waals surface area contributed by atoms with Gasteiger partial charge in [0.25, 0.3) is 0 Å². The van der Waals surface area contributed by atoms with Gasteiger partial charge in [-0.15, -0.1) is 0 Å². The maximum absolute atomic E-state index is 13.7. The van der Waals surface area contributed by atoms with Crippen LogP contribution in [0.1, 0.15) is 12.0 Å². The number of para-hydroxylation sites is 1. The van der Waals surface area contributed by atoms with Gasteiger partial charge in [0.05, 0.1) is 17.6 Å². The smallest absolute Gasteiger partial charge is 0.327 e. The number of hydrogen-bond donors (Lipinski definition) is 0. The molecule has 0 saturated carbocycles. The fraction of sp³-hybridized carbons (Fsp3) is 0.312. The molecule has 0 bridgehead atoms. The normalized spacial score (nSPS) is 17.4. The van der Waals surface area contributed by atoms with Gasteiger partial charge in [0, 0.05) is 25.5 Å². The lowest BCUT2D eigenvalue weighted by molar-refractivity contribution is -0.386. The van der Waals surface area contributed by atoms with E-state index in [2.05, 4.69) is 4.98 Å². The number of pyridine rings is 1. The van der Waals surface area contributed by atoms with Crippen LogP contribution in [0.2, 0.25) is 0 Å². The van der Waals surface area contributed by atoms with Gasteiger partial charge in [-0.2, -0.15) is 4.39 Å². The second kappa shape index (κ2) is 6.70. The molecule has 1 aliphatic heterocycles. The van der Waals surface area contributed by atoms with E-state index < -0.39 is 16.4 Å². The van der Waals surface area contributed by atoms with Crippen molar-refractivity contribution in [3.05, 3.63) is 64.2 Å². The van der Waals surface area contributed by atoms with Crippen LogP contribution in [0, 0.1) is 15.9 Å².